The van der Waals surface area contributed by atoms with Crippen LogP contribution in [0.1, 0.15) is 59.3 Å². The van der Waals surface area contributed by atoms with E-state index in [0.717, 1.165) is 37.2 Å². The van der Waals surface area contributed by atoms with E-state index in [0.29, 0.717) is 54.1 Å². The maximum atomic E-state index is 12.7. The van der Waals surface area contributed by atoms with E-state index in [1.54, 1.807) is 18.5 Å². The number of ether oxygens (including phenoxy) is 1. The van der Waals surface area contributed by atoms with Crippen LogP contribution in [-0.2, 0) is 19.6 Å². The molecule has 3 heterocycles. The summed E-state index contributed by atoms with van der Waals surface area (Å²) < 4.78 is 11.0. The first-order chi connectivity index (χ1) is 17.5. The summed E-state index contributed by atoms with van der Waals surface area (Å²) in [6, 6.07) is 7.96. The molecule has 8 nitrogen and oxygen atoms in total. The van der Waals surface area contributed by atoms with Gasteiger partial charge in [0.2, 0.25) is 0 Å². The number of benzene rings is 1. The summed E-state index contributed by atoms with van der Waals surface area (Å²) in [5.41, 5.74) is 2.96. The summed E-state index contributed by atoms with van der Waals surface area (Å²) in [6.07, 6.45) is 9.18. The van der Waals surface area contributed by atoms with Crippen LogP contribution in [0, 0.1) is 0 Å². The van der Waals surface area contributed by atoms with E-state index in [-0.39, 0.29) is 12.4 Å². The van der Waals surface area contributed by atoms with Gasteiger partial charge in [0.05, 0.1) is 17.3 Å². The normalized spacial score (nSPS) is 16.7. The van der Waals surface area contributed by atoms with E-state index < -0.39 is 6.10 Å². The molecule has 2 aliphatic rings. The molecule has 0 saturated heterocycles. The molecule has 2 N–H and O–H groups in total. The summed E-state index contributed by atoms with van der Waals surface area (Å²) in [5, 5.41) is 14.6. The van der Waals surface area contributed by atoms with Crippen molar-refractivity contribution in [2.75, 3.05) is 18.4 Å². The number of aliphatic hydroxyl groups excluding tert-OH is 1. The Kier molecular flexibility index (Phi) is 7.84. The Morgan fingerprint density at radius 3 is 2.97 bits per heavy atom. The van der Waals surface area contributed by atoms with Crippen molar-refractivity contribution in [2.24, 2.45) is 0 Å². The standard InChI is InChI=1S/C27H31ClN4O4/c28-24-10-20-14-32(9-7-18(20)11-26(24)35-16-23-13-29-17-36-23)15-22(33)4-5-25(34)19-6-8-30-27(12-19)31-21-2-1-3-21/h6,8,10-13,17,21-22,33H,1-5,7,9,14-16H2,(H,30,31)/t22-/m0/s1. The minimum atomic E-state index is -0.579. The number of ketones is 1. The molecule has 36 heavy (non-hydrogen) atoms. The van der Waals surface area contributed by atoms with Crippen molar-refractivity contribution >= 4 is 23.2 Å². The molecule has 0 radical (unpaired) electrons. The minimum Gasteiger partial charge on any atom is -0.484 e. The lowest BCUT2D eigenvalue weighted by atomic mass is 9.93. The molecule has 190 valence electrons. The first-order valence-electron chi connectivity index (χ1n) is 12.5. The Labute approximate surface area is 215 Å². The van der Waals surface area contributed by atoms with Gasteiger partial charge in [0.1, 0.15) is 18.2 Å². The SMILES string of the molecule is O=C(CC[C@H](O)CN1CCc2cc(OCc3cnco3)c(Cl)cc2C1)c1ccnc(NC2CCC2)c1. The van der Waals surface area contributed by atoms with Gasteiger partial charge < -0.3 is 19.6 Å². The number of β-amino-alcohol motifs (C(OH)–C–C–N with tert-alkyl or cyclic N) is 1. The number of aromatic nitrogens is 2. The minimum absolute atomic E-state index is 0.0294. The summed E-state index contributed by atoms with van der Waals surface area (Å²) in [6.45, 7) is 2.30. The van der Waals surface area contributed by atoms with Crippen molar-refractivity contribution in [3.8, 4) is 5.75 Å². The maximum absolute atomic E-state index is 12.7. The summed E-state index contributed by atoms with van der Waals surface area (Å²) in [5.74, 6) is 2.04. The van der Waals surface area contributed by atoms with Crippen molar-refractivity contribution in [2.45, 2.75) is 63.8 Å². The number of hydrogen-bond acceptors (Lipinski definition) is 8. The predicted molar refractivity (Wildman–Crippen MR) is 136 cm³/mol. The first kappa shape index (κ1) is 24.7. The van der Waals surface area contributed by atoms with Crippen molar-refractivity contribution in [1.29, 1.82) is 0 Å². The molecule has 2 aromatic heterocycles. The third-order valence-electron chi connectivity index (χ3n) is 6.91. The van der Waals surface area contributed by atoms with Crippen molar-refractivity contribution < 1.29 is 19.1 Å². The Morgan fingerprint density at radius 2 is 2.19 bits per heavy atom. The number of oxazole rings is 1. The molecule has 0 amide bonds. The number of pyridine rings is 1. The van der Waals surface area contributed by atoms with Crippen LogP contribution in [0.15, 0.2) is 47.5 Å². The zero-order valence-corrected chi connectivity index (χ0v) is 20.9. The molecule has 1 saturated carbocycles. The molecule has 3 aromatic rings. The molecule has 0 unspecified atom stereocenters. The second-order valence-corrected chi connectivity index (χ2v) is 10.0. The monoisotopic (exact) mass is 510 g/mol. The lowest BCUT2D eigenvalue weighted by Gasteiger charge is -2.31. The van der Waals surface area contributed by atoms with Crippen LogP contribution in [0.25, 0.3) is 0 Å². The van der Waals surface area contributed by atoms with Crippen LogP contribution in [0.4, 0.5) is 5.82 Å². The van der Waals surface area contributed by atoms with Crippen LogP contribution >= 0.6 is 11.6 Å². The predicted octanol–water partition coefficient (Wildman–Crippen LogP) is 4.65. The molecule has 1 aliphatic carbocycles. The van der Waals surface area contributed by atoms with Gasteiger partial charge in [0.25, 0.3) is 0 Å². The molecule has 1 aliphatic heterocycles. The number of aliphatic hydroxyl groups is 1. The van der Waals surface area contributed by atoms with E-state index in [1.807, 2.05) is 18.2 Å². The zero-order chi connectivity index (χ0) is 24.9. The topological polar surface area (TPSA) is 101 Å². The zero-order valence-electron chi connectivity index (χ0n) is 20.2. The number of rotatable bonds is 11. The largest absolute Gasteiger partial charge is 0.484 e. The Balaban J connectivity index is 1.10. The van der Waals surface area contributed by atoms with Gasteiger partial charge in [-0.15, -0.1) is 0 Å². The number of carbonyl (C=O) groups excluding carboxylic acids is 1. The lowest BCUT2D eigenvalue weighted by molar-refractivity contribution is 0.0836. The molecule has 1 atom stereocenters. The van der Waals surface area contributed by atoms with Crippen LogP contribution in [-0.4, -0.2) is 51.0 Å². The fourth-order valence-electron chi connectivity index (χ4n) is 4.62. The van der Waals surface area contributed by atoms with Gasteiger partial charge in [0.15, 0.2) is 17.9 Å². The van der Waals surface area contributed by atoms with Gasteiger partial charge in [-0.3, -0.25) is 9.69 Å². The highest BCUT2D eigenvalue weighted by Crippen LogP contribution is 2.32. The quantitative estimate of drug-likeness (QED) is 0.359. The number of nitrogens with one attached hydrogen (secondary N) is 1. The third kappa shape index (κ3) is 6.24. The van der Waals surface area contributed by atoms with Crippen LogP contribution in [0.2, 0.25) is 5.02 Å². The molecule has 0 spiro atoms. The number of anilines is 1. The van der Waals surface area contributed by atoms with Gasteiger partial charge in [-0.2, -0.15) is 0 Å². The number of carbonyl (C=O) groups is 1. The smallest absolute Gasteiger partial charge is 0.181 e. The van der Waals surface area contributed by atoms with E-state index in [1.165, 1.54) is 18.4 Å². The molecule has 0 bridgehead atoms. The van der Waals surface area contributed by atoms with Gasteiger partial charge in [-0.25, -0.2) is 9.97 Å². The van der Waals surface area contributed by atoms with Crippen LogP contribution in [0.5, 0.6) is 5.75 Å². The highest BCUT2D eigenvalue weighted by atomic mass is 35.5. The Morgan fingerprint density at radius 1 is 1.31 bits per heavy atom. The van der Waals surface area contributed by atoms with E-state index >= 15 is 0 Å². The Bertz CT molecular complexity index is 1180. The summed E-state index contributed by atoms with van der Waals surface area (Å²) in [7, 11) is 0. The second kappa shape index (κ2) is 11.4. The Hall–Kier alpha value is -2.94. The third-order valence-corrected chi connectivity index (χ3v) is 7.21. The van der Waals surface area contributed by atoms with E-state index in [4.69, 9.17) is 20.8 Å². The number of hydrogen-bond donors (Lipinski definition) is 2. The fraction of sp³-hybridized carbons (Fsp3) is 0.444. The van der Waals surface area contributed by atoms with Gasteiger partial charge in [-0.1, -0.05) is 11.6 Å². The number of fused-ring (bicyclic) bond motifs is 1. The van der Waals surface area contributed by atoms with Crippen molar-refractivity contribution in [3.05, 3.63) is 70.5 Å². The van der Waals surface area contributed by atoms with Gasteiger partial charge in [-0.05, 0) is 67.5 Å². The molecular formula is C27H31ClN4O4. The highest BCUT2D eigenvalue weighted by molar-refractivity contribution is 6.32. The highest BCUT2D eigenvalue weighted by Gasteiger charge is 2.22. The number of halogens is 1. The first-order valence-corrected chi connectivity index (χ1v) is 12.9. The van der Waals surface area contributed by atoms with Crippen molar-refractivity contribution in [3.63, 3.8) is 0 Å². The average molecular weight is 511 g/mol. The van der Waals surface area contributed by atoms with Gasteiger partial charge >= 0.3 is 0 Å². The molecule has 5 rings (SSSR count). The van der Waals surface area contributed by atoms with Crippen LogP contribution in [0.3, 0.4) is 0 Å². The van der Waals surface area contributed by atoms with E-state index in [9.17, 15) is 9.90 Å². The molecule has 1 aromatic carbocycles. The van der Waals surface area contributed by atoms with E-state index in [2.05, 4.69) is 20.2 Å². The van der Waals surface area contributed by atoms with Gasteiger partial charge in [0, 0.05) is 43.9 Å². The molecular weight excluding hydrogens is 480 g/mol. The average Bonchev–Trinajstić information content (AvgIpc) is 3.37. The molecule has 1 fully saturated rings. The maximum Gasteiger partial charge on any atom is 0.181 e. The molecule has 9 heteroatoms. The number of Topliss-reactive ketones (excluding diaryl/α,β-unsaturated/α-hetero) is 1. The van der Waals surface area contributed by atoms with Crippen molar-refractivity contribution in [1.82, 2.24) is 14.9 Å². The summed E-state index contributed by atoms with van der Waals surface area (Å²) >= 11 is 6.46. The van der Waals surface area contributed by atoms with Crippen LogP contribution < -0.4 is 10.1 Å². The second-order valence-electron chi connectivity index (χ2n) is 9.61. The fourth-order valence-corrected chi connectivity index (χ4v) is 4.86. The number of nitrogens with zero attached hydrogens (tertiary/aromatic N) is 3. The summed E-state index contributed by atoms with van der Waals surface area (Å²) in [4.78, 5) is 23.1. The lowest BCUT2D eigenvalue weighted by Crippen LogP contribution is -2.36.